The Kier molecular flexibility index (Phi) is 11.8. The Morgan fingerprint density at radius 2 is 1.64 bits per heavy atom. The van der Waals surface area contributed by atoms with Gasteiger partial charge in [0.15, 0.2) is 0 Å². The zero-order chi connectivity index (χ0) is 31.9. The number of nitrogens with zero attached hydrogens (tertiary/aromatic N) is 2. The minimum absolute atomic E-state index is 0.00198. The number of methoxy groups -OCH3 is 1. The first kappa shape index (κ1) is 33.9. The summed E-state index contributed by atoms with van der Waals surface area (Å²) in [5, 5.41) is 3.96. The standard InChI is InChI=1S/C32H36Cl3N3O5S/c1-3-29(32(40)36-23-10-6-4-7-11-23)37(20-22-14-16-26(33)27(34)18-22)31(39)21-38(24-15-17-30(43-2)28(35)19-24)44(41,42)25-12-8-5-9-13-25/h5,8-9,12-19,23,29H,3-4,6-7,10-11,20-21H2,1-2H3,(H,36,40)/t29-/m0/s1. The van der Waals surface area contributed by atoms with Crippen LogP contribution in [0.5, 0.6) is 5.75 Å². The molecule has 2 amide bonds. The van der Waals surface area contributed by atoms with E-state index >= 15 is 0 Å². The van der Waals surface area contributed by atoms with Crippen molar-refractivity contribution in [1.82, 2.24) is 10.2 Å². The van der Waals surface area contributed by atoms with Gasteiger partial charge in [0, 0.05) is 12.6 Å². The van der Waals surface area contributed by atoms with Crippen LogP contribution in [0.25, 0.3) is 0 Å². The minimum Gasteiger partial charge on any atom is -0.495 e. The molecule has 0 unspecified atom stereocenters. The van der Waals surface area contributed by atoms with Crippen molar-refractivity contribution >= 4 is 62.3 Å². The first-order valence-corrected chi connectivity index (χ1v) is 17.1. The van der Waals surface area contributed by atoms with Crippen molar-refractivity contribution in [3.05, 3.63) is 87.4 Å². The van der Waals surface area contributed by atoms with Gasteiger partial charge in [-0.2, -0.15) is 0 Å². The van der Waals surface area contributed by atoms with Crippen molar-refractivity contribution in [3.63, 3.8) is 0 Å². The molecule has 0 aromatic heterocycles. The van der Waals surface area contributed by atoms with Gasteiger partial charge in [-0.25, -0.2) is 8.42 Å². The molecule has 3 aromatic carbocycles. The van der Waals surface area contributed by atoms with Crippen LogP contribution in [0.4, 0.5) is 5.69 Å². The molecule has 0 heterocycles. The smallest absolute Gasteiger partial charge is 0.264 e. The number of hydrogen-bond acceptors (Lipinski definition) is 5. The van der Waals surface area contributed by atoms with E-state index in [0.717, 1.165) is 36.4 Å². The lowest BCUT2D eigenvalue weighted by molar-refractivity contribution is -0.140. The predicted octanol–water partition coefficient (Wildman–Crippen LogP) is 7.11. The predicted molar refractivity (Wildman–Crippen MR) is 175 cm³/mol. The van der Waals surface area contributed by atoms with Crippen molar-refractivity contribution in [2.24, 2.45) is 0 Å². The lowest BCUT2D eigenvalue weighted by Crippen LogP contribution is -2.54. The molecule has 1 aliphatic rings. The van der Waals surface area contributed by atoms with Crippen LogP contribution in [0.2, 0.25) is 15.1 Å². The molecular weight excluding hydrogens is 645 g/mol. The number of sulfonamides is 1. The lowest BCUT2D eigenvalue weighted by Gasteiger charge is -2.34. The molecule has 0 aliphatic heterocycles. The first-order valence-electron chi connectivity index (χ1n) is 14.5. The van der Waals surface area contributed by atoms with Crippen LogP contribution < -0.4 is 14.4 Å². The van der Waals surface area contributed by atoms with Gasteiger partial charge < -0.3 is 15.0 Å². The Hall–Kier alpha value is -2.98. The number of hydrogen-bond donors (Lipinski definition) is 1. The highest BCUT2D eigenvalue weighted by Crippen LogP contribution is 2.32. The van der Waals surface area contributed by atoms with Crippen molar-refractivity contribution in [2.45, 2.75) is 69.0 Å². The molecular formula is C32H36Cl3N3O5S. The molecule has 0 radical (unpaired) electrons. The largest absolute Gasteiger partial charge is 0.495 e. The summed E-state index contributed by atoms with van der Waals surface area (Å²) in [7, 11) is -2.78. The number of benzene rings is 3. The summed E-state index contributed by atoms with van der Waals surface area (Å²) >= 11 is 18.8. The average molecular weight is 681 g/mol. The highest BCUT2D eigenvalue weighted by molar-refractivity contribution is 7.92. The summed E-state index contributed by atoms with van der Waals surface area (Å²) in [6.45, 7) is 1.24. The number of halogens is 3. The fourth-order valence-electron chi connectivity index (χ4n) is 5.36. The van der Waals surface area contributed by atoms with E-state index in [0.29, 0.717) is 27.8 Å². The van der Waals surface area contributed by atoms with Crippen LogP contribution in [0.1, 0.15) is 51.0 Å². The third kappa shape index (κ3) is 8.18. The minimum atomic E-state index is -4.23. The third-order valence-electron chi connectivity index (χ3n) is 7.71. The van der Waals surface area contributed by atoms with Crippen molar-refractivity contribution < 1.29 is 22.7 Å². The number of nitrogens with one attached hydrogen (secondary N) is 1. The number of rotatable bonds is 12. The van der Waals surface area contributed by atoms with Crippen molar-refractivity contribution in [1.29, 1.82) is 0 Å². The average Bonchev–Trinajstić information content (AvgIpc) is 3.02. The molecule has 4 rings (SSSR count). The van der Waals surface area contributed by atoms with E-state index in [1.54, 1.807) is 36.4 Å². The van der Waals surface area contributed by atoms with Crippen LogP contribution in [0, 0.1) is 0 Å². The van der Waals surface area contributed by atoms with E-state index in [1.165, 1.54) is 42.3 Å². The lowest BCUT2D eigenvalue weighted by atomic mass is 9.95. The van der Waals surface area contributed by atoms with E-state index in [4.69, 9.17) is 39.5 Å². The van der Waals surface area contributed by atoms with Crippen LogP contribution in [-0.2, 0) is 26.2 Å². The van der Waals surface area contributed by atoms with Gasteiger partial charge in [-0.3, -0.25) is 13.9 Å². The molecule has 12 heteroatoms. The van der Waals surface area contributed by atoms with Crippen LogP contribution >= 0.6 is 34.8 Å². The maximum Gasteiger partial charge on any atom is 0.264 e. The molecule has 236 valence electrons. The van der Waals surface area contributed by atoms with Gasteiger partial charge >= 0.3 is 0 Å². The third-order valence-corrected chi connectivity index (χ3v) is 10.5. The molecule has 0 saturated heterocycles. The summed E-state index contributed by atoms with van der Waals surface area (Å²) in [4.78, 5) is 29.4. The molecule has 1 aliphatic carbocycles. The second-order valence-corrected chi connectivity index (χ2v) is 13.8. The Labute approximate surface area is 274 Å². The van der Waals surface area contributed by atoms with E-state index in [9.17, 15) is 18.0 Å². The zero-order valence-electron chi connectivity index (χ0n) is 24.6. The van der Waals surface area contributed by atoms with Gasteiger partial charge in [-0.1, -0.05) is 85.3 Å². The summed E-state index contributed by atoms with van der Waals surface area (Å²) in [5.74, 6) is -0.503. The van der Waals surface area contributed by atoms with Crippen molar-refractivity contribution in [2.75, 3.05) is 18.0 Å². The van der Waals surface area contributed by atoms with Gasteiger partial charge in [-0.15, -0.1) is 0 Å². The summed E-state index contributed by atoms with van der Waals surface area (Å²) < 4.78 is 34.3. The number of anilines is 1. The van der Waals surface area contributed by atoms with Crippen molar-refractivity contribution in [3.8, 4) is 5.75 Å². The highest BCUT2D eigenvalue weighted by atomic mass is 35.5. The maximum atomic E-state index is 14.3. The number of amides is 2. The fourth-order valence-corrected chi connectivity index (χ4v) is 7.36. The highest BCUT2D eigenvalue weighted by Gasteiger charge is 2.34. The fraction of sp³-hybridized carbons (Fsp3) is 0.375. The summed E-state index contributed by atoms with van der Waals surface area (Å²) in [5.41, 5.74) is 0.809. The summed E-state index contributed by atoms with van der Waals surface area (Å²) in [6.07, 6.45) is 5.27. The topological polar surface area (TPSA) is 96.0 Å². The van der Waals surface area contributed by atoms with Crippen LogP contribution in [0.3, 0.4) is 0 Å². The number of carbonyl (C=O) groups is 2. The second-order valence-electron chi connectivity index (χ2n) is 10.7. The summed E-state index contributed by atoms with van der Waals surface area (Å²) in [6, 6.07) is 16.5. The van der Waals surface area contributed by atoms with E-state index in [1.807, 2.05) is 6.92 Å². The molecule has 8 nitrogen and oxygen atoms in total. The Balaban J connectivity index is 1.73. The van der Waals surface area contributed by atoms with Gasteiger partial charge in [-0.05, 0) is 67.3 Å². The molecule has 0 spiro atoms. The SMILES string of the molecule is CC[C@@H](C(=O)NC1CCCCC1)N(Cc1ccc(Cl)c(Cl)c1)C(=O)CN(c1ccc(OC)c(Cl)c1)S(=O)(=O)c1ccccc1. The molecule has 1 fully saturated rings. The molecule has 44 heavy (non-hydrogen) atoms. The second kappa shape index (κ2) is 15.3. The molecule has 3 aromatic rings. The molecule has 0 bridgehead atoms. The monoisotopic (exact) mass is 679 g/mol. The van der Waals surface area contributed by atoms with E-state index in [2.05, 4.69) is 5.32 Å². The molecule has 1 atom stereocenters. The quantitative estimate of drug-likeness (QED) is 0.220. The maximum absolute atomic E-state index is 14.3. The van der Waals surface area contributed by atoms with Gasteiger partial charge in [0.05, 0.1) is 32.8 Å². The molecule has 1 N–H and O–H groups in total. The normalized spacial score (nSPS) is 14.5. The van der Waals surface area contributed by atoms with E-state index < -0.39 is 28.5 Å². The zero-order valence-corrected chi connectivity index (χ0v) is 27.7. The Morgan fingerprint density at radius 3 is 2.25 bits per heavy atom. The van der Waals surface area contributed by atoms with Crippen LogP contribution in [-0.4, -0.2) is 50.9 Å². The Morgan fingerprint density at radius 1 is 0.932 bits per heavy atom. The van der Waals surface area contributed by atoms with Gasteiger partial charge in [0.1, 0.15) is 18.3 Å². The van der Waals surface area contributed by atoms with Crippen LogP contribution in [0.15, 0.2) is 71.6 Å². The number of ether oxygens (including phenoxy) is 1. The first-order chi connectivity index (χ1) is 21.0. The van der Waals surface area contributed by atoms with Gasteiger partial charge in [0.25, 0.3) is 10.0 Å². The number of carbonyl (C=O) groups excluding carboxylic acids is 2. The van der Waals surface area contributed by atoms with Gasteiger partial charge in [0.2, 0.25) is 11.8 Å². The molecule has 1 saturated carbocycles. The Bertz CT molecular complexity index is 1570. The van der Waals surface area contributed by atoms with E-state index in [-0.39, 0.29) is 34.1 Å².